The zero-order valence-electron chi connectivity index (χ0n) is 17.4. The average Bonchev–Trinajstić information content (AvgIpc) is 3.28. The van der Waals surface area contributed by atoms with Crippen molar-refractivity contribution >= 4 is 63.0 Å². The van der Waals surface area contributed by atoms with E-state index in [0.29, 0.717) is 32.6 Å². The Morgan fingerprint density at radius 1 is 1.09 bits per heavy atom. The third-order valence-electron chi connectivity index (χ3n) is 4.94. The number of ether oxygens (including phenoxy) is 1. The fraction of sp³-hybridized carbons (Fsp3) is 0.0417. The Morgan fingerprint density at radius 2 is 1.91 bits per heavy atom. The second kappa shape index (κ2) is 9.42. The number of pyridine rings is 1. The van der Waals surface area contributed by atoms with Gasteiger partial charge in [0.05, 0.1) is 15.6 Å². The molecule has 2 aliphatic rings. The maximum absolute atomic E-state index is 12.6. The summed E-state index contributed by atoms with van der Waals surface area (Å²) in [5.41, 5.74) is 2.58. The molecule has 2 aliphatic heterocycles. The van der Waals surface area contributed by atoms with Crippen LogP contribution in [0.5, 0.6) is 5.75 Å². The molecule has 0 saturated carbocycles. The van der Waals surface area contributed by atoms with Gasteiger partial charge in [0, 0.05) is 18.0 Å². The highest BCUT2D eigenvalue weighted by Gasteiger charge is 2.36. The summed E-state index contributed by atoms with van der Waals surface area (Å²) in [5, 5.41) is 16.3. The zero-order valence-corrected chi connectivity index (χ0v) is 19.7. The Bertz CT molecular complexity index is 1390. The molecule has 0 saturated heterocycles. The lowest BCUT2D eigenvalue weighted by Crippen LogP contribution is -2.35. The highest BCUT2D eigenvalue weighted by atomic mass is 35.5. The first-order valence-electron chi connectivity index (χ1n) is 10.1. The van der Waals surface area contributed by atoms with Gasteiger partial charge in [-0.3, -0.25) is 15.2 Å². The average molecular weight is 508 g/mol. The number of amidine groups is 2. The fourth-order valence-electron chi connectivity index (χ4n) is 3.22. The summed E-state index contributed by atoms with van der Waals surface area (Å²) in [6.07, 6.45) is 4.97. The quantitative estimate of drug-likeness (QED) is 0.451. The Labute approximate surface area is 209 Å². The highest BCUT2D eigenvalue weighted by Crippen LogP contribution is 2.31. The number of aromatic nitrogens is 1. The number of hydrogen-bond acceptors (Lipinski definition) is 6. The van der Waals surface area contributed by atoms with E-state index in [4.69, 9.17) is 33.3 Å². The van der Waals surface area contributed by atoms with Crippen LogP contribution < -0.4 is 4.74 Å². The molecule has 168 valence electrons. The first kappa shape index (κ1) is 22.3. The van der Waals surface area contributed by atoms with Crippen LogP contribution in [-0.2, 0) is 11.4 Å². The van der Waals surface area contributed by atoms with Crippen LogP contribution in [0, 0.1) is 5.41 Å². The van der Waals surface area contributed by atoms with E-state index in [9.17, 15) is 4.79 Å². The molecule has 0 radical (unpaired) electrons. The molecule has 5 rings (SSSR count). The van der Waals surface area contributed by atoms with Crippen LogP contribution in [0.25, 0.3) is 6.08 Å². The van der Waals surface area contributed by atoms with E-state index < -0.39 is 5.91 Å². The number of fused-ring (bicyclic) bond motifs is 1. The van der Waals surface area contributed by atoms with Crippen molar-refractivity contribution < 1.29 is 9.53 Å². The molecule has 1 amide bonds. The molecule has 0 spiro atoms. The number of thioether (sulfide) groups is 1. The fourth-order valence-corrected chi connectivity index (χ4v) is 4.42. The molecule has 3 aromatic rings. The molecule has 1 aromatic heterocycles. The predicted molar refractivity (Wildman–Crippen MR) is 136 cm³/mol. The summed E-state index contributed by atoms with van der Waals surface area (Å²) >= 11 is 13.2. The number of nitrogens with one attached hydrogen (secondary N) is 1. The molecule has 0 atom stereocenters. The Morgan fingerprint density at radius 3 is 2.65 bits per heavy atom. The normalized spacial score (nSPS) is 16.4. The van der Waals surface area contributed by atoms with Crippen molar-refractivity contribution in [1.82, 2.24) is 9.99 Å². The van der Waals surface area contributed by atoms with Gasteiger partial charge in [-0.05, 0) is 65.4 Å². The van der Waals surface area contributed by atoms with Gasteiger partial charge in [0.2, 0.25) is 5.17 Å². The Hall–Kier alpha value is -3.46. The Balaban J connectivity index is 1.30. The first-order chi connectivity index (χ1) is 16.5. The number of amides is 1. The summed E-state index contributed by atoms with van der Waals surface area (Å²) in [6, 6.07) is 16.2. The number of hydrogen-bond donors (Lipinski definition) is 1. The van der Waals surface area contributed by atoms with Crippen LogP contribution >= 0.6 is 35.0 Å². The van der Waals surface area contributed by atoms with Gasteiger partial charge < -0.3 is 4.74 Å². The van der Waals surface area contributed by atoms with E-state index in [1.165, 1.54) is 16.8 Å². The number of nitrogens with zero attached hydrogens (tertiary/aromatic N) is 4. The molecule has 0 fully saturated rings. The van der Waals surface area contributed by atoms with Crippen LogP contribution in [0.4, 0.5) is 0 Å². The minimum absolute atomic E-state index is 0.0265. The minimum atomic E-state index is -0.480. The van der Waals surface area contributed by atoms with Crippen LogP contribution in [0.15, 0.2) is 82.7 Å². The SMILES string of the molecule is N=C1/C(=C/c2ccc(OCc3ccc(Cl)c(Cl)c3)cc2)C(=O)N=C2SC(c3cccnc3)=NN12. The van der Waals surface area contributed by atoms with Gasteiger partial charge in [0.15, 0.2) is 5.84 Å². The second-order valence-electron chi connectivity index (χ2n) is 7.27. The van der Waals surface area contributed by atoms with Gasteiger partial charge >= 0.3 is 0 Å². The molecule has 34 heavy (non-hydrogen) atoms. The van der Waals surface area contributed by atoms with Gasteiger partial charge in [-0.15, -0.1) is 0 Å². The Kier molecular flexibility index (Phi) is 6.19. The van der Waals surface area contributed by atoms with Crippen molar-refractivity contribution in [3.05, 3.63) is 99.3 Å². The van der Waals surface area contributed by atoms with Crippen molar-refractivity contribution in [1.29, 1.82) is 5.41 Å². The van der Waals surface area contributed by atoms with Crippen LogP contribution in [-0.4, -0.2) is 31.9 Å². The lowest BCUT2D eigenvalue weighted by atomic mass is 10.1. The van der Waals surface area contributed by atoms with E-state index in [-0.39, 0.29) is 11.4 Å². The van der Waals surface area contributed by atoms with Crippen molar-refractivity contribution in [3.63, 3.8) is 0 Å². The van der Waals surface area contributed by atoms with Gasteiger partial charge in [-0.2, -0.15) is 15.1 Å². The maximum atomic E-state index is 12.6. The molecular formula is C24H15Cl2N5O2S. The number of aliphatic imine (C=N–C) groups is 1. The summed E-state index contributed by atoms with van der Waals surface area (Å²) < 4.78 is 5.80. The summed E-state index contributed by atoms with van der Waals surface area (Å²) in [5.74, 6) is 0.146. The van der Waals surface area contributed by atoms with Crippen molar-refractivity contribution in [2.45, 2.75) is 6.61 Å². The van der Waals surface area contributed by atoms with Gasteiger partial charge in [-0.1, -0.05) is 41.4 Å². The third-order valence-corrected chi connectivity index (χ3v) is 6.64. The van der Waals surface area contributed by atoms with E-state index >= 15 is 0 Å². The number of halogens is 2. The maximum Gasteiger partial charge on any atom is 0.283 e. The zero-order chi connectivity index (χ0) is 23.7. The van der Waals surface area contributed by atoms with E-state index in [1.807, 2.05) is 12.1 Å². The number of carbonyl (C=O) groups excluding carboxylic acids is 1. The summed E-state index contributed by atoms with van der Waals surface area (Å²) in [7, 11) is 0. The molecule has 0 aliphatic carbocycles. The number of carbonyl (C=O) groups is 1. The summed E-state index contributed by atoms with van der Waals surface area (Å²) in [4.78, 5) is 20.8. The summed E-state index contributed by atoms with van der Waals surface area (Å²) in [6.45, 7) is 0.335. The van der Waals surface area contributed by atoms with Gasteiger partial charge in [-0.25, -0.2) is 0 Å². The molecule has 7 nitrogen and oxygen atoms in total. The number of benzene rings is 2. The second-order valence-corrected chi connectivity index (χ2v) is 9.04. The first-order valence-corrected chi connectivity index (χ1v) is 11.6. The van der Waals surface area contributed by atoms with E-state index in [0.717, 1.165) is 16.7 Å². The van der Waals surface area contributed by atoms with Gasteiger partial charge in [0.25, 0.3) is 5.91 Å². The van der Waals surface area contributed by atoms with E-state index in [2.05, 4.69) is 15.1 Å². The van der Waals surface area contributed by atoms with Crippen molar-refractivity contribution in [3.8, 4) is 5.75 Å². The monoisotopic (exact) mass is 507 g/mol. The molecule has 10 heteroatoms. The molecule has 0 bridgehead atoms. The van der Waals surface area contributed by atoms with Crippen LogP contribution in [0.1, 0.15) is 16.7 Å². The van der Waals surface area contributed by atoms with Crippen LogP contribution in [0.3, 0.4) is 0 Å². The van der Waals surface area contributed by atoms with Crippen molar-refractivity contribution in [2.24, 2.45) is 10.1 Å². The molecular weight excluding hydrogens is 493 g/mol. The standard InChI is InChI=1S/C24H15Cl2N5O2S/c25-19-8-5-15(11-20(19)26)13-33-17-6-3-14(4-7-17)10-18-21(27)31-24(29-22(18)32)34-23(30-31)16-2-1-9-28-12-16/h1-12,27H,13H2/b18-10-,27-21?. The molecule has 0 unspecified atom stereocenters. The topological polar surface area (TPSA) is 91.0 Å². The molecule has 1 N–H and O–H groups in total. The lowest BCUT2D eigenvalue weighted by Gasteiger charge is -2.20. The van der Waals surface area contributed by atoms with Crippen LogP contribution in [0.2, 0.25) is 10.0 Å². The lowest BCUT2D eigenvalue weighted by molar-refractivity contribution is -0.114. The number of hydrazone groups is 1. The third kappa shape index (κ3) is 4.61. The minimum Gasteiger partial charge on any atom is -0.489 e. The predicted octanol–water partition coefficient (Wildman–Crippen LogP) is 5.63. The number of rotatable bonds is 5. The molecule has 3 heterocycles. The smallest absolute Gasteiger partial charge is 0.283 e. The highest BCUT2D eigenvalue weighted by molar-refractivity contribution is 8.27. The molecule has 2 aromatic carbocycles. The van der Waals surface area contributed by atoms with Crippen molar-refractivity contribution in [2.75, 3.05) is 0 Å². The van der Waals surface area contributed by atoms with E-state index in [1.54, 1.807) is 60.9 Å². The van der Waals surface area contributed by atoms with Gasteiger partial charge in [0.1, 0.15) is 17.4 Å². The largest absolute Gasteiger partial charge is 0.489 e.